The lowest BCUT2D eigenvalue weighted by molar-refractivity contribution is -0.122. The van der Waals surface area contributed by atoms with E-state index >= 15 is 0 Å². The molecule has 2 N–H and O–H groups in total. The predicted molar refractivity (Wildman–Crippen MR) is 114 cm³/mol. The van der Waals surface area contributed by atoms with E-state index in [-0.39, 0.29) is 18.2 Å². The second-order valence-corrected chi connectivity index (χ2v) is 7.62. The van der Waals surface area contributed by atoms with Crippen LogP contribution in [0, 0.1) is 6.92 Å². The number of para-hydroxylation sites is 1. The summed E-state index contributed by atoms with van der Waals surface area (Å²) in [6.07, 6.45) is 2.22. The Morgan fingerprint density at radius 1 is 1.00 bits per heavy atom. The molecule has 2 amide bonds. The van der Waals surface area contributed by atoms with Crippen molar-refractivity contribution in [3.63, 3.8) is 0 Å². The van der Waals surface area contributed by atoms with E-state index in [2.05, 4.69) is 15.8 Å². The highest BCUT2D eigenvalue weighted by atomic mass is 32.1. The molecule has 0 fully saturated rings. The van der Waals surface area contributed by atoms with Gasteiger partial charge < -0.3 is 4.57 Å². The van der Waals surface area contributed by atoms with Crippen molar-refractivity contribution in [2.45, 2.75) is 19.9 Å². The molecule has 0 aliphatic rings. The quantitative estimate of drug-likeness (QED) is 0.495. The first kappa shape index (κ1) is 18.9. The van der Waals surface area contributed by atoms with Gasteiger partial charge in [-0.25, -0.2) is 4.98 Å². The Kier molecular flexibility index (Phi) is 5.39. The molecule has 2 aromatic heterocycles. The largest absolute Gasteiger partial charge is 0.347 e. The molecule has 0 aliphatic carbocycles. The third-order valence-corrected chi connectivity index (χ3v) is 5.80. The van der Waals surface area contributed by atoms with Crippen molar-refractivity contribution < 1.29 is 9.59 Å². The molecule has 4 aromatic rings. The molecule has 0 spiro atoms. The first-order valence-corrected chi connectivity index (χ1v) is 10.1. The summed E-state index contributed by atoms with van der Waals surface area (Å²) in [5, 5.41) is 1.91. The molecule has 4 rings (SSSR count). The summed E-state index contributed by atoms with van der Waals surface area (Å²) >= 11 is 1.31. The molecule has 0 bridgehead atoms. The zero-order valence-electron chi connectivity index (χ0n) is 15.9. The Balaban J connectivity index is 1.33. The first-order chi connectivity index (χ1) is 14.1. The van der Waals surface area contributed by atoms with Gasteiger partial charge in [-0.1, -0.05) is 48.5 Å². The van der Waals surface area contributed by atoms with Gasteiger partial charge in [0.25, 0.3) is 5.91 Å². The Hall–Kier alpha value is -3.45. The number of nitrogens with one attached hydrogen (secondary N) is 2. The van der Waals surface area contributed by atoms with Crippen LogP contribution in [0.4, 0.5) is 0 Å². The molecule has 6 nitrogen and oxygen atoms in total. The van der Waals surface area contributed by atoms with Crippen LogP contribution in [-0.2, 0) is 11.3 Å². The van der Waals surface area contributed by atoms with Crippen LogP contribution in [0.25, 0.3) is 21.5 Å². The average Bonchev–Trinajstić information content (AvgIpc) is 3.35. The average molecular weight is 404 g/mol. The highest BCUT2D eigenvalue weighted by Crippen LogP contribution is 2.27. The molecule has 0 aliphatic heterocycles. The number of hydrogen-bond donors (Lipinski definition) is 2. The minimum Gasteiger partial charge on any atom is -0.347 e. The number of aromatic nitrogens is 2. The number of amides is 2. The fraction of sp³-hybridized carbons (Fsp3) is 0.136. The molecule has 2 aromatic carbocycles. The Morgan fingerprint density at radius 2 is 1.76 bits per heavy atom. The van der Waals surface area contributed by atoms with Crippen LogP contribution < -0.4 is 10.9 Å². The fourth-order valence-corrected chi connectivity index (χ4v) is 4.08. The van der Waals surface area contributed by atoms with Gasteiger partial charge in [-0.05, 0) is 24.4 Å². The first-order valence-electron chi connectivity index (χ1n) is 9.28. The van der Waals surface area contributed by atoms with Gasteiger partial charge in [0.1, 0.15) is 9.88 Å². The number of carbonyl (C=O) groups excluding carboxylic acids is 2. The summed E-state index contributed by atoms with van der Waals surface area (Å²) in [5.41, 5.74) is 7.67. The zero-order valence-corrected chi connectivity index (χ0v) is 16.7. The molecule has 0 radical (unpaired) electrons. The molecule has 146 valence electrons. The molecule has 7 heteroatoms. The Morgan fingerprint density at radius 3 is 2.59 bits per heavy atom. The molecule has 0 saturated heterocycles. The van der Waals surface area contributed by atoms with Gasteiger partial charge in [-0.2, -0.15) is 0 Å². The SMILES string of the molecule is Cc1nc(-c2ccccc2)sc1C(=O)NNC(=O)CCn1ccc2ccccc21. The van der Waals surface area contributed by atoms with E-state index in [9.17, 15) is 9.59 Å². The smallest absolute Gasteiger partial charge is 0.281 e. The van der Waals surface area contributed by atoms with Crippen molar-refractivity contribution in [3.05, 3.63) is 77.4 Å². The maximum Gasteiger partial charge on any atom is 0.281 e. The summed E-state index contributed by atoms with van der Waals surface area (Å²) in [6, 6.07) is 19.7. The lowest BCUT2D eigenvalue weighted by atomic mass is 10.2. The van der Waals surface area contributed by atoms with Crippen LogP contribution in [0.5, 0.6) is 0 Å². The lowest BCUT2D eigenvalue weighted by Crippen LogP contribution is -2.41. The van der Waals surface area contributed by atoms with Gasteiger partial charge in [0.05, 0.1) is 5.69 Å². The van der Waals surface area contributed by atoms with Gasteiger partial charge in [0.2, 0.25) is 5.91 Å². The summed E-state index contributed by atoms with van der Waals surface area (Å²) in [6.45, 7) is 2.32. The van der Waals surface area contributed by atoms with Gasteiger partial charge >= 0.3 is 0 Å². The second-order valence-electron chi connectivity index (χ2n) is 6.62. The number of benzene rings is 2. The summed E-state index contributed by atoms with van der Waals surface area (Å²) in [4.78, 5) is 29.6. The number of aryl methyl sites for hydroxylation is 2. The van der Waals surface area contributed by atoms with Gasteiger partial charge in [0.15, 0.2) is 0 Å². The summed E-state index contributed by atoms with van der Waals surface area (Å²) in [7, 11) is 0. The Bertz CT molecular complexity index is 1160. The minimum atomic E-state index is -0.359. The van der Waals surface area contributed by atoms with Crippen molar-refractivity contribution in [1.29, 1.82) is 0 Å². The number of thiazole rings is 1. The van der Waals surface area contributed by atoms with Crippen molar-refractivity contribution in [2.24, 2.45) is 0 Å². The number of rotatable bonds is 5. The number of carbonyl (C=O) groups is 2. The zero-order chi connectivity index (χ0) is 20.2. The number of fused-ring (bicyclic) bond motifs is 1. The molecule has 0 unspecified atom stereocenters. The molecule has 29 heavy (non-hydrogen) atoms. The van der Waals surface area contributed by atoms with Gasteiger partial charge in [0, 0.05) is 30.2 Å². The van der Waals surface area contributed by atoms with Gasteiger partial charge in [-0.3, -0.25) is 20.4 Å². The summed E-state index contributed by atoms with van der Waals surface area (Å²) in [5.74, 6) is -0.608. The fourth-order valence-electron chi connectivity index (χ4n) is 3.11. The molecular formula is C22H20N4O2S. The normalized spacial score (nSPS) is 10.8. The predicted octanol–water partition coefficient (Wildman–Crippen LogP) is 3.92. The van der Waals surface area contributed by atoms with Crippen LogP contribution in [0.3, 0.4) is 0 Å². The maximum atomic E-state index is 12.5. The van der Waals surface area contributed by atoms with Crippen LogP contribution >= 0.6 is 11.3 Å². The topological polar surface area (TPSA) is 76.0 Å². The van der Waals surface area contributed by atoms with Crippen molar-refractivity contribution in [3.8, 4) is 10.6 Å². The summed E-state index contributed by atoms with van der Waals surface area (Å²) < 4.78 is 2.02. The van der Waals surface area contributed by atoms with Gasteiger partial charge in [-0.15, -0.1) is 11.3 Å². The van der Waals surface area contributed by atoms with Crippen LogP contribution in [0.1, 0.15) is 21.8 Å². The monoisotopic (exact) mass is 404 g/mol. The van der Waals surface area contributed by atoms with E-state index in [1.165, 1.54) is 11.3 Å². The third kappa shape index (κ3) is 4.20. The van der Waals surface area contributed by atoms with E-state index in [1.54, 1.807) is 6.92 Å². The number of hydrazine groups is 1. The van der Waals surface area contributed by atoms with E-state index in [0.717, 1.165) is 21.5 Å². The van der Waals surface area contributed by atoms with Crippen LogP contribution in [0.2, 0.25) is 0 Å². The molecule has 0 saturated carbocycles. The lowest BCUT2D eigenvalue weighted by Gasteiger charge is -2.08. The van der Waals surface area contributed by atoms with E-state index in [0.29, 0.717) is 17.1 Å². The van der Waals surface area contributed by atoms with E-state index in [4.69, 9.17) is 0 Å². The van der Waals surface area contributed by atoms with Crippen molar-refractivity contribution in [1.82, 2.24) is 20.4 Å². The highest BCUT2D eigenvalue weighted by Gasteiger charge is 2.16. The molecule has 0 atom stereocenters. The van der Waals surface area contributed by atoms with E-state index in [1.807, 2.05) is 71.4 Å². The minimum absolute atomic E-state index is 0.249. The highest BCUT2D eigenvalue weighted by molar-refractivity contribution is 7.17. The number of nitrogens with zero attached hydrogens (tertiary/aromatic N) is 2. The van der Waals surface area contributed by atoms with Crippen molar-refractivity contribution in [2.75, 3.05) is 0 Å². The van der Waals surface area contributed by atoms with E-state index < -0.39 is 0 Å². The van der Waals surface area contributed by atoms with Crippen molar-refractivity contribution >= 4 is 34.1 Å². The molecule has 2 heterocycles. The Labute approximate surface area is 172 Å². The van der Waals surface area contributed by atoms with Crippen LogP contribution in [0.15, 0.2) is 66.9 Å². The second kappa shape index (κ2) is 8.28. The third-order valence-electron chi connectivity index (χ3n) is 4.60. The standard InChI is InChI=1S/C22H20N4O2S/c1-15-20(29-22(23-15)17-8-3-2-4-9-17)21(28)25-24-19(27)12-14-26-13-11-16-7-5-6-10-18(16)26/h2-11,13H,12,14H2,1H3,(H,24,27)(H,25,28). The number of hydrogen-bond acceptors (Lipinski definition) is 4. The molecular weight excluding hydrogens is 384 g/mol. The maximum absolute atomic E-state index is 12.5. The van der Waals surface area contributed by atoms with Crippen LogP contribution in [-0.4, -0.2) is 21.4 Å².